The van der Waals surface area contributed by atoms with Crippen LogP contribution in [0.5, 0.6) is 0 Å². The van der Waals surface area contributed by atoms with E-state index in [4.69, 9.17) is 0 Å². The van der Waals surface area contributed by atoms with Crippen molar-refractivity contribution in [2.45, 2.75) is 31.8 Å². The SMILES string of the molecule is CC1=CCCN(S(=O)(=O)c2ccc(C)c(CO)c2)C1. The topological polar surface area (TPSA) is 57.6 Å². The highest BCUT2D eigenvalue weighted by molar-refractivity contribution is 7.89. The van der Waals surface area contributed by atoms with Crippen molar-refractivity contribution in [2.24, 2.45) is 0 Å². The van der Waals surface area contributed by atoms with E-state index in [2.05, 4.69) is 6.08 Å². The largest absolute Gasteiger partial charge is 0.392 e. The highest BCUT2D eigenvalue weighted by Gasteiger charge is 2.26. The van der Waals surface area contributed by atoms with Crippen LogP contribution in [0.4, 0.5) is 0 Å². The molecule has 0 aliphatic carbocycles. The first-order valence-corrected chi connectivity index (χ1v) is 7.75. The fourth-order valence-corrected chi connectivity index (χ4v) is 3.76. The summed E-state index contributed by atoms with van der Waals surface area (Å²) in [5.74, 6) is 0. The van der Waals surface area contributed by atoms with Crippen LogP contribution in [-0.4, -0.2) is 30.9 Å². The molecule has 104 valence electrons. The van der Waals surface area contributed by atoms with Gasteiger partial charge in [-0.2, -0.15) is 4.31 Å². The lowest BCUT2D eigenvalue weighted by Crippen LogP contribution is -2.35. The standard InChI is InChI=1S/C14H19NO3S/c1-11-4-3-7-15(9-11)19(17,18)14-6-5-12(2)13(8-14)10-16/h4-6,8,16H,3,7,9-10H2,1-2H3. The Morgan fingerprint density at radius 1 is 1.32 bits per heavy atom. The number of rotatable bonds is 3. The average Bonchev–Trinajstić information content (AvgIpc) is 2.39. The smallest absolute Gasteiger partial charge is 0.243 e. The molecule has 2 rings (SSSR count). The average molecular weight is 281 g/mol. The molecule has 4 nitrogen and oxygen atoms in total. The van der Waals surface area contributed by atoms with Crippen LogP contribution in [0.2, 0.25) is 0 Å². The van der Waals surface area contributed by atoms with Gasteiger partial charge in [0.25, 0.3) is 0 Å². The molecule has 0 atom stereocenters. The van der Waals surface area contributed by atoms with Gasteiger partial charge in [0.15, 0.2) is 0 Å². The van der Waals surface area contributed by atoms with E-state index in [-0.39, 0.29) is 11.5 Å². The van der Waals surface area contributed by atoms with Crippen molar-refractivity contribution in [2.75, 3.05) is 13.1 Å². The Hall–Kier alpha value is -1.17. The van der Waals surface area contributed by atoms with Gasteiger partial charge < -0.3 is 5.11 Å². The Morgan fingerprint density at radius 3 is 2.68 bits per heavy atom. The summed E-state index contributed by atoms with van der Waals surface area (Å²) in [6, 6.07) is 4.92. The summed E-state index contributed by atoms with van der Waals surface area (Å²) in [6.07, 6.45) is 2.82. The van der Waals surface area contributed by atoms with Crippen molar-refractivity contribution in [3.63, 3.8) is 0 Å². The van der Waals surface area contributed by atoms with Crippen LogP contribution in [0.15, 0.2) is 34.7 Å². The van der Waals surface area contributed by atoms with Crippen LogP contribution >= 0.6 is 0 Å². The Labute approximate surface area is 114 Å². The van der Waals surface area contributed by atoms with Gasteiger partial charge in [-0.1, -0.05) is 17.7 Å². The first-order chi connectivity index (χ1) is 8.95. The van der Waals surface area contributed by atoms with E-state index in [1.165, 1.54) is 4.31 Å². The number of nitrogens with zero attached hydrogens (tertiary/aromatic N) is 1. The predicted molar refractivity (Wildman–Crippen MR) is 74.2 cm³/mol. The van der Waals surface area contributed by atoms with E-state index < -0.39 is 10.0 Å². The number of aliphatic hydroxyl groups is 1. The summed E-state index contributed by atoms with van der Waals surface area (Å²) < 4.78 is 26.6. The summed E-state index contributed by atoms with van der Waals surface area (Å²) in [6.45, 7) is 4.62. The Morgan fingerprint density at radius 2 is 2.05 bits per heavy atom. The van der Waals surface area contributed by atoms with Gasteiger partial charge in [-0.25, -0.2) is 8.42 Å². The molecule has 1 aromatic rings. The number of benzene rings is 1. The minimum atomic E-state index is -3.46. The lowest BCUT2D eigenvalue weighted by atomic mass is 10.1. The minimum absolute atomic E-state index is 0.145. The second kappa shape index (κ2) is 5.45. The monoisotopic (exact) mass is 281 g/mol. The van der Waals surface area contributed by atoms with Crippen LogP contribution < -0.4 is 0 Å². The van der Waals surface area contributed by atoms with Gasteiger partial charge in [0, 0.05) is 13.1 Å². The number of aliphatic hydroxyl groups excluding tert-OH is 1. The zero-order chi connectivity index (χ0) is 14.0. The molecule has 0 radical (unpaired) electrons. The third-order valence-corrected chi connectivity index (χ3v) is 5.27. The minimum Gasteiger partial charge on any atom is -0.392 e. The molecule has 0 saturated heterocycles. The highest BCUT2D eigenvalue weighted by atomic mass is 32.2. The third kappa shape index (κ3) is 2.88. The van der Waals surface area contributed by atoms with Crippen molar-refractivity contribution in [3.8, 4) is 0 Å². The fraction of sp³-hybridized carbons (Fsp3) is 0.429. The fourth-order valence-electron chi connectivity index (χ4n) is 2.21. The summed E-state index contributed by atoms with van der Waals surface area (Å²) in [4.78, 5) is 0.261. The molecule has 19 heavy (non-hydrogen) atoms. The van der Waals surface area contributed by atoms with Crippen molar-refractivity contribution in [1.29, 1.82) is 0 Å². The van der Waals surface area contributed by atoms with Crippen LogP contribution in [0.1, 0.15) is 24.5 Å². The molecule has 1 aromatic carbocycles. The quantitative estimate of drug-likeness (QED) is 0.860. The Kier molecular flexibility index (Phi) is 4.08. The molecule has 0 saturated carbocycles. The van der Waals surface area contributed by atoms with Crippen molar-refractivity contribution < 1.29 is 13.5 Å². The molecule has 0 unspecified atom stereocenters. The van der Waals surface area contributed by atoms with Crippen molar-refractivity contribution in [3.05, 3.63) is 41.0 Å². The van der Waals surface area contributed by atoms with Gasteiger partial charge in [-0.15, -0.1) is 0 Å². The van der Waals surface area contributed by atoms with E-state index >= 15 is 0 Å². The van der Waals surface area contributed by atoms with Gasteiger partial charge in [-0.3, -0.25) is 0 Å². The van der Waals surface area contributed by atoms with Crippen LogP contribution in [0.25, 0.3) is 0 Å². The van der Waals surface area contributed by atoms with E-state index in [0.29, 0.717) is 18.7 Å². The van der Waals surface area contributed by atoms with Crippen molar-refractivity contribution in [1.82, 2.24) is 4.31 Å². The Bertz CT molecular complexity index is 605. The number of sulfonamides is 1. The molecule has 1 heterocycles. The first kappa shape index (κ1) is 14.2. The molecular formula is C14H19NO3S. The molecule has 5 heteroatoms. The number of aryl methyl sites for hydroxylation is 1. The normalized spacial score (nSPS) is 17.3. The molecule has 1 N–H and O–H groups in total. The van der Waals surface area contributed by atoms with Crippen LogP contribution in [0.3, 0.4) is 0 Å². The number of hydrogen-bond acceptors (Lipinski definition) is 3. The third-order valence-electron chi connectivity index (χ3n) is 3.43. The van der Waals surface area contributed by atoms with Gasteiger partial charge in [0.2, 0.25) is 10.0 Å². The van der Waals surface area contributed by atoms with E-state index in [1.54, 1.807) is 18.2 Å². The summed E-state index contributed by atoms with van der Waals surface area (Å²) in [7, 11) is -3.46. The molecule has 0 bridgehead atoms. The second-order valence-corrected chi connectivity index (χ2v) is 6.86. The zero-order valence-corrected chi connectivity index (χ0v) is 12.1. The van der Waals surface area contributed by atoms with Gasteiger partial charge in [0.05, 0.1) is 11.5 Å². The zero-order valence-electron chi connectivity index (χ0n) is 11.3. The first-order valence-electron chi connectivity index (χ1n) is 6.31. The maximum Gasteiger partial charge on any atom is 0.243 e. The Balaban J connectivity index is 2.37. The van der Waals surface area contributed by atoms with Gasteiger partial charge in [-0.05, 0) is 43.5 Å². The number of hydrogen-bond donors (Lipinski definition) is 1. The molecule has 1 aliphatic rings. The summed E-state index contributed by atoms with van der Waals surface area (Å²) in [5.41, 5.74) is 2.63. The lowest BCUT2D eigenvalue weighted by Gasteiger charge is -2.25. The van der Waals surface area contributed by atoms with E-state index in [9.17, 15) is 13.5 Å². The van der Waals surface area contributed by atoms with E-state index in [1.807, 2.05) is 13.8 Å². The molecular weight excluding hydrogens is 262 g/mol. The van der Waals surface area contributed by atoms with Gasteiger partial charge >= 0.3 is 0 Å². The summed E-state index contributed by atoms with van der Waals surface area (Å²) >= 11 is 0. The van der Waals surface area contributed by atoms with Crippen molar-refractivity contribution >= 4 is 10.0 Å². The molecule has 1 aliphatic heterocycles. The second-order valence-electron chi connectivity index (χ2n) is 4.92. The van der Waals surface area contributed by atoms with Crippen LogP contribution in [0, 0.1) is 6.92 Å². The highest BCUT2D eigenvalue weighted by Crippen LogP contribution is 2.22. The maximum absolute atomic E-state index is 12.5. The lowest BCUT2D eigenvalue weighted by molar-refractivity contribution is 0.280. The molecule has 0 aromatic heterocycles. The maximum atomic E-state index is 12.5. The van der Waals surface area contributed by atoms with E-state index in [0.717, 1.165) is 17.6 Å². The van der Waals surface area contributed by atoms with Gasteiger partial charge in [0.1, 0.15) is 0 Å². The molecule has 0 fully saturated rings. The summed E-state index contributed by atoms with van der Waals surface area (Å²) in [5, 5.41) is 9.24. The molecule has 0 amide bonds. The molecule has 0 spiro atoms. The predicted octanol–water partition coefficient (Wildman–Crippen LogP) is 1.83. The van der Waals surface area contributed by atoms with Crippen LogP contribution in [-0.2, 0) is 16.6 Å².